The molecule has 3 aromatic rings. The first-order valence-electron chi connectivity index (χ1n) is 10.5. The second kappa shape index (κ2) is 11.3. The van der Waals surface area contributed by atoms with Crippen molar-refractivity contribution < 1.29 is 31.9 Å². The number of thioether (sulfide) groups is 1. The Bertz CT molecular complexity index is 1410. The zero-order chi connectivity index (χ0) is 25.7. The van der Waals surface area contributed by atoms with E-state index in [1.165, 1.54) is 64.7 Å². The molecule has 0 saturated carbocycles. The molecule has 12 nitrogen and oxygen atoms in total. The van der Waals surface area contributed by atoms with Crippen LogP contribution >= 0.6 is 23.1 Å². The number of aromatic nitrogens is 2. The first kappa shape index (κ1) is 26.0. The van der Waals surface area contributed by atoms with Gasteiger partial charge in [0.25, 0.3) is 0 Å². The summed E-state index contributed by atoms with van der Waals surface area (Å²) in [6.45, 7) is 2.53. The van der Waals surface area contributed by atoms with Gasteiger partial charge in [-0.15, -0.1) is 10.2 Å². The maximum atomic E-state index is 12.7. The number of morpholine rings is 1. The SMILES string of the molecule is CC(=O)Nc1nnc(SCc2cc(=O)c(OC(=O)c3ccc(S(=O)(=O)N4CCOCC4)cc3)co2)s1. The van der Waals surface area contributed by atoms with Gasteiger partial charge in [0.15, 0.2) is 4.34 Å². The lowest BCUT2D eigenvalue weighted by atomic mass is 10.2. The number of carbonyl (C=O) groups is 2. The van der Waals surface area contributed by atoms with Gasteiger partial charge in [0.2, 0.25) is 32.2 Å². The Labute approximate surface area is 213 Å². The summed E-state index contributed by atoms with van der Waals surface area (Å²) in [7, 11) is -3.70. The van der Waals surface area contributed by atoms with Crippen molar-refractivity contribution in [2.75, 3.05) is 31.6 Å². The van der Waals surface area contributed by atoms with E-state index >= 15 is 0 Å². The summed E-state index contributed by atoms with van der Waals surface area (Å²) in [4.78, 5) is 36.0. The lowest BCUT2D eigenvalue weighted by Gasteiger charge is -2.26. The second-order valence-corrected chi connectivity index (χ2v) is 11.5. The molecule has 1 fully saturated rings. The van der Waals surface area contributed by atoms with Gasteiger partial charge in [0.05, 0.1) is 29.4 Å². The van der Waals surface area contributed by atoms with Crippen molar-refractivity contribution in [1.29, 1.82) is 0 Å². The average Bonchev–Trinajstić information content (AvgIpc) is 3.31. The fourth-order valence-corrected chi connectivity index (χ4v) is 6.14. The van der Waals surface area contributed by atoms with Crippen LogP contribution < -0.4 is 15.5 Å². The molecule has 1 saturated heterocycles. The van der Waals surface area contributed by atoms with E-state index < -0.39 is 21.4 Å². The maximum absolute atomic E-state index is 12.7. The number of esters is 1. The van der Waals surface area contributed by atoms with E-state index in [2.05, 4.69) is 15.5 Å². The molecule has 36 heavy (non-hydrogen) atoms. The minimum atomic E-state index is -3.70. The largest absolute Gasteiger partial charge is 0.464 e. The molecule has 0 atom stereocenters. The zero-order valence-electron chi connectivity index (χ0n) is 18.8. The number of rotatable bonds is 8. The van der Waals surface area contributed by atoms with Crippen molar-refractivity contribution in [3.05, 3.63) is 58.1 Å². The summed E-state index contributed by atoms with van der Waals surface area (Å²) in [5.74, 6) is -0.815. The topological polar surface area (TPSA) is 158 Å². The monoisotopic (exact) mass is 552 g/mol. The van der Waals surface area contributed by atoms with E-state index in [1.807, 2.05) is 0 Å². The van der Waals surface area contributed by atoms with Gasteiger partial charge in [-0.25, -0.2) is 13.2 Å². The molecule has 1 amide bonds. The molecular weight excluding hydrogens is 532 g/mol. The summed E-state index contributed by atoms with van der Waals surface area (Å²) in [6, 6.07) is 6.46. The normalized spacial score (nSPS) is 14.4. The van der Waals surface area contributed by atoms with E-state index in [4.69, 9.17) is 13.9 Å². The van der Waals surface area contributed by atoms with Crippen molar-refractivity contribution in [1.82, 2.24) is 14.5 Å². The molecule has 3 heterocycles. The minimum absolute atomic E-state index is 0.0435. The molecule has 0 aliphatic carbocycles. The minimum Gasteiger partial charge on any atom is -0.464 e. The van der Waals surface area contributed by atoms with Crippen molar-refractivity contribution in [3.63, 3.8) is 0 Å². The highest BCUT2D eigenvalue weighted by molar-refractivity contribution is 8.00. The number of hydrogen-bond donors (Lipinski definition) is 1. The van der Waals surface area contributed by atoms with Gasteiger partial charge in [-0.1, -0.05) is 23.1 Å². The van der Waals surface area contributed by atoms with Crippen LogP contribution in [0.4, 0.5) is 5.13 Å². The number of anilines is 1. The summed E-state index contributed by atoms with van der Waals surface area (Å²) in [5.41, 5.74) is -0.492. The number of nitrogens with one attached hydrogen (secondary N) is 1. The Morgan fingerprint density at radius 1 is 1.19 bits per heavy atom. The maximum Gasteiger partial charge on any atom is 0.343 e. The molecule has 1 N–H and O–H groups in total. The summed E-state index contributed by atoms with van der Waals surface area (Å²) < 4.78 is 43.0. The van der Waals surface area contributed by atoms with Crippen molar-refractivity contribution in [2.45, 2.75) is 21.9 Å². The third-order valence-corrected chi connectivity index (χ3v) is 8.69. The molecule has 15 heteroatoms. The first-order valence-corrected chi connectivity index (χ1v) is 13.7. The van der Waals surface area contributed by atoms with Crippen LogP contribution in [0.1, 0.15) is 23.0 Å². The molecular formula is C21H20N4O8S3. The summed E-state index contributed by atoms with van der Waals surface area (Å²) in [5, 5.41) is 10.6. The number of sulfonamides is 1. The highest BCUT2D eigenvalue weighted by Crippen LogP contribution is 2.28. The smallest absolute Gasteiger partial charge is 0.343 e. The number of ether oxygens (including phenoxy) is 2. The number of amides is 1. The quantitative estimate of drug-likeness (QED) is 0.247. The van der Waals surface area contributed by atoms with Gasteiger partial charge in [-0.2, -0.15) is 4.31 Å². The van der Waals surface area contributed by atoms with E-state index in [0.717, 1.165) is 6.26 Å². The van der Waals surface area contributed by atoms with E-state index in [-0.39, 0.29) is 41.0 Å². The zero-order valence-corrected chi connectivity index (χ0v) is 21.3. The second-order valence-electron chi connectivity index (χ2n) is 7.35. The standard InChI is InChI=1S/C21H20N4O8S3/c1-13(26)22-20-23-24-21(35-20)34-12-15-10-17(27)18(11-32-15)33-19(28)14-2-4-16(5-3-14)36(29,30)25-6-8-31-9-7-25/h2-5,10-11H,6-9,12H2,1H3,(H,22,23,26). The molecule has 4 rings (SSSR count). The molecule has 0 spiro atoms. The van der Waals surface area contributed by atoms with Crippen LogP contribution in [0.2, 0.25) is 0 Å². The molecule has 0 unspecified atom stereocenters. The Balaban J connectivity index is 1.36. The van der Waals surface area contributed by atoms with Crippen molar-refractivity contribution in [3.8, 4) is 5.75 Å². The van der Waals surface area contributed by atoms with Gasteiger partial charge in [0.1, 0.15) is 12.0 Å². The van der Waals surface area contributed by atoms with Gasteiger partial charge >= 0.3 is 5.97 Å². The van der Waals surface area contributed by atoms with Crippen molar-refractivity contribution in [2.24, 2.45) is 0 Å². The Morgan fingerprint density at radius 2 is 1.92 bits per heavy atom. The third kappa shape index (κ3) is 6.36. The van der Waals surface area contributed by atoms with Crippen LogP contribution in [0, 0.1) is 0 Å². The third-order valence-electron chi connectivity index (χ3n) is 4.78. The van der Waals surface area contributed by atoms with Gasteiger partial charge in [-0.3, -0.25) is 9.59 Å². The number of hydrogen-bond acceptors (Lipinski definition) is 12. The van der Waals surface area contributed by atoms with Crippen LogP contribution in [0.5, 0.6) is 5.75 Å². The van der Waals surface area contributed by atoms with E-state index in [0.29, 0.717) is 28.4 Å². The fraction of sp³-hybridized carbons (Fsp3) is 0.286. The number of nitrogens with zero attached hydrogens (tertiary/aromatic N) is 3. The Hall–Kier alpha value is -3.11. The fourth-order valence-electron chi connectivity index (χ4n) is 3.05. The van der Waals surface area contributed by atoms with Crippen LogP contribution in [0.15, 0.2) is 55.0 Å². The van der Waals surface area contributed by atoms with Crippen LogP contribution in [0.3, 0.4) is 0 Å². The lowest BCUT2D eigenvalue weighted by molar-refractivity contribution is -0.114. The highest BCUT2D eigenvalue weighted by atomic mass is 32.2. The molecule has 0 radical (unpaired) electrons. The molecule has 2 aromatic heterocycles. The molecule has 190 valence electrons. The van der Waals surface area contributed by atoms with E-state index in [9.17, 15) is 22.8 Å². The van der Waals surface area contributed by atoms with Crippen LogP contribution in [-0.2, 0) is 25.3 Å². The number of carbonyl (C=O) groups excluding carboxylic acids is 2. The predicted molar refractivity (Wildman–Crippen MR) is 130 cm³/mol. The van der Waals surface area contributed by atoms with Gasteiger partial charge in [0, 0.05) is 26.1 Å². The van der Waals surface area contributed by atoms with Gasteiger partial charge in [-0.05, 0) is 24.3 Å². The van der Waals surface area contributed by atoms with Crippen molar-refractivity contribution >= 4 is 50.1 Å². The van der Waals surface area contributed by atoms with Gasteiger partial charge < -0.3 is 19.2 Å². The number of benzene rings is 1. The Kier molecular flexibility index (Phi) is 8.15. The highest BCUT2D eigenvalue weighted by Gasteiger charge is 2.26. The van der Waals surface area contributed by atoms with E-state index in [1.54, 1.807) is 0 Å². The Morgan fingerprint density at radius 3 is 2.58 bits per heavy atom. The molecule has 1 aliphatic rings. The molecule has 1 aliphatic heterocycles. The predicted octanol–water partition coefficient (Wildman–Crippen LogP) is 1.98. The first-order chi connectivity index (χ1) is 17.2. The summed E-state index contributed by atoms with van der Waals surface area (Å²) >= 11 is 2.43. The average molecular weight is 553 g/mol. The molecule has 0 bridgehead atoms. The lowest BCUT2D eigenvalue weighted by Crippen LogP contribution is -2.40. The summed E-state index contributed by atoms with van der Waals surface area (Å²) in [6.07, 6.45) is 1.04. The van der Waals surface area contributed by atoms with Crippen LogP contribution in [-0.4, -0.2) is 61.1 Å². The molecule has 1 aromatic carbocycles. The van der Waals surface area contributed by atoms with Crippen LogP contribution in [0.25, 0.3) is 0 Å².